The van der Waals surface area contributed by atoms with E-state index >= 15 is 0 Å². The molecule has 1 N–H and O–H groups in total. The molecule has 0 radical (unpaired) electrons. The van der Waals surface area contributed by atoms with Gasteiger partial charge in [-0.1, -0.05) is 18.2 Å². The van der Waals surface area contributed by atoms with Crippen molar-refractivity contribution in [3.63, 3.8) is 0 Å². The molecule has 24 heavy (non-hydrogen) atoms. The van der Waals surface area contributed by atoms with Crippen molar-refractivity contribution in [2.75, 3.05) is 11.9 Å². The van der Waals surface area contributed by atoms with Crippen LogP contribution in [0.3, 0.4) is 0 Å². The molecule has 1 heterocycles. The maximum atomic E-state index is 13.0. The highest BCUT2D eigenvalue weighted by molar-refractivity contribution is 7.09. The smallest absolute Gasteiger partial charge is 0.324 e. The number of hydrogen-bond acceptors (Lipinski definition) is 3. The monoisotopic (exact) mass is 354 g/mol. The van der Waals surface area contributed by atoms with Crippen LogP contribution in [0.2, 0.25) is 0 Å². The predicted molar refractivity (Wildman–Crippen MR) is 87.8 cm³/mol. The minimum Gasteiger partial charge on any atom is -0.324 e. The normalized spacial score (nSPS) is 14.8. The second-order valence-electron chi connectivity index (χ2n) is 5.81. The van der Waals surface area contributed by atoms with Gasteiger partial charge in [0.25, 0.3) is 0 Å². The molecule has 1 amide bonds. The van der Waals surface area contributed by atoms with Crippen molar-refractivity contribution in [2.24, 2.45) is 0 Å². The Labute approximate surface area is 142 Å². The van der Waals surface area contributed by atoms with E-state index in [1.54, 1.807) is 11.3 Å². The summed E-state index contributed by atoms with van der Waals surface area (Å²) in [7, 11) is 0. The van der Waals surface area contributed by atoms with Crippen LogP contribution in [-0.2, 0) is 17.5 Å². The highest BCUT2D eigenvalue weighted by Crippen LogP contribution is 2.34. The van der Waals surface area contributed by atoms with E-state index in [0.29, 0.717) is 12.6 Å². The van der Waals surface area contributed by atoms with E-state index in [1.807, 2.05) is 22.4 Å². The van der Waals surface area contributed by atoms with Gasteiger partial charge in [-0.25, -0.2) is 0 Å². The molecule has 1 aromatic carbocycles. The fraction of sp³-hybridized carbons (Fsp3) is 0.353. The number of thiophene rings is 1. The molecule has 3 nitrogen and oxygen atoms in total. The minimum absolute atomic E-state index is 0.0920. The van der Waals surface area contributed by atoms with Crippen molar-refractivity contribution in [2.45, 2.75) is 31.6 Å². The lowest BCUT2D eigenvalue weighted by atomic mass is 10.1. The van der Waals surface area contributed by atoms with Crippen molar-refractivity contribution in [1.82, 2.24) is 4.90 Å². The van der Waals surface area contributed by atoms with Crippen LogP contribution in [0.4, 0.5) is 18.9 Å². The molecule has 1 aliphatic rings. The van der Waals surface area contributed by atoms with Gasteiger partial charge in [-0.3, -0.25) is 9.69 Å². The molecule has 0 bridgehead atoms. The molecule has 0 spiro atoms. The average Bonchev–Trinajstić information content (AvgIpc) is 3.24. The second kappa shape index (κ2) is 6.94. The van der Waals surface area contributed by atoms with Crippen molar-refractivity contribution in [3.05, 3.63) is 52.2 Å². The number of para-hydroxylation sites is 1. The van der Waals surface area contributed by atoms with E-state index in [4.69, 9.17) is 0 Å². The third-order valence-electron chi connectivity index (χ3n) is 3.86. The Balaban J connectivity index is 1.66. The number of hydrogen-bond donors (Lipinski definition) is 1. The lowest BCUT2D eigenvalue weighted by molar-refractivity contribution is -0.137. The summed E-state index contributed by atoms with van der Waals surface area (Å²) in [4.78, 5) is 15.4. The van der Waals surface area contributed by atoms with Gasteiger partial charge >= 0.3 is 6.18 Å². The molecule has 1 fully saturated rings. The summed E-state index contributed by atoms with van der Waals surface area (Å²) in [6.45, 7) is 0.741. The van der Waals surface area contributed by atoms with Crippen LogP contribution in [0, 0.1) is 0 Å². The Kier molecular flexibility index (Phi) is 4.91. The number of nitrogens with zero attached hydrogens (tertiary/aromatic N) is 1. The first kappa shape index (κ1) is 17.0. The van der Waals surface area contributed by atoms with E-state index < -0.39 is 17.6 Å². The van der Waals surface area contributed by atoms with Crippen LogP contribution < -0.4 is 5.32 Å². The molecule has 1 aromatic heterocycles. The van der Waals surface area contributed by atoms with Crippen molar-refractivity contribution >= 4 is 22.9 Å². The molecule has 0 saturated heterocycles. The van der Waals surface area contributed by atoms with E-state index in [9.17, 15) is 18.0 Å². The summed E-state index contributed by atoms with van der Waals surface area (Å²) < 4.78 is 39.0. The summed E-state index contributed by atoms with van der Waals surface area (Å²) in [5, 5.41) is 4.38. The Hall–Kier alpha value is -1.86. The average molecular weight is 354 g/mol. The van der Waals surface area contributed by atoms with Crippen LogP contribution in [0.15, 0.2) is 41.8 Å². The third-order valence-corrected chi connectivity index (χ3v) is 4.72. The molecule has 128 valence electrons. The van der Waals surface area contributed by atoms with E-state index in [1.165, 1.54) is 18.2 Å². The predicted octanol–water partition coefficient (Wildman–Crippen LogP) is 4.37. The Morgan fingerprint density at radius 3 is 2.58 bits per heavy atom. The van der Waals surface area contributed by atoms with Gasteiger partial charge in [-0.2, -0.15) is 13.2 Å². The number of nitrogens with one attached hydrogen (secondary N) is 1. The number of anilines is 1. The molecule has 1 aliphatic carbocycles. The maximum absolute atomic E-state index is 13.0. The zero-order chi connectivity index (χ0) is 17.2. The van der Waals surface area contributed by atoms with Crippen LogP contribution >= 0.6 is 11.3 Å². The van der Waals surface area contributed by atoms with Gasteiger partial charge in [0, 0.05) is 17.5 Å². The van der Waals surface area contributed by atoms with Crippen molar-refractivity contribution < 1.29 is 18.0 Å². The SMILES string of the molecule is O=C(CN(Cc1cccs1)C1CC1)Nc1ccccc1C(F)(F)F. The number of benzene rings is 1. The quantitative estimate of drug-likeness (QED) is 0.835. The maximum Gasteiger partial charge on any atom is 0.418 e. The Morgan fingerprint density at radius 2 is 1.96 bits per heavy atom. The number of carbonyl (C=O) groups is 1. The summed E-state index contributed by atoms with van der Waals surface area (Å²) >= 11 is 1.61. The Bertz CT molecular complexity index is 696. The largest absolute Gasteiger partial charge is 0.418 e. The van der Waals surface area contributed by atoms with Crippen LogP contribution in [0.5, 0.6) is 0 Å². The molecule has 7 heteroatoms. The van der Waals surface area contributed by atoms with Gasteiger partial charge in [0.2, 0.25) is 5.91 Å². The number of halogens is 3. The van der Waals surface area contributed by atoms with Gasteiger partial charge in [-0.15, -0.1) is 11.3 Å². The topological polar surface area (TPSA) is 32.3 Å². The molecule has 3 rings (SSSR count). The molecule has 0 atom stereocenters. The van der Waals surface area contributed by atoms with Crippen LogP contribution in [0.25, 0.3) is 0 Å². The Morgan fingerprint density at radius 1 is 1.21 bits per heavy atom. The number of carbonyl (C=O) groups excluding carboxylic acids is 1. The zero-order valence-corrected chi connectivity index (χ0v) is 13.7. The third kappa shape index (κ3) is 4.36. The second-order valence-corrected chi connectivity index (χ2v) is 6.84. The van der Waals surface area contributed by atoms with E-state index in [0.717, 1.165) is 23.8 Å². The summed E-state index contributed by atoms with van der Waals surface area (Å²) in [6.07, 6.45) is -2.44. The van der Waals surface area contributed by atoms with Crippen molar-refractivity contribution in [3.8, 4) is 0 Å². The number of rotatable bonds is 6. The molecule has 1 saturated carbocycles. The minimum atomic E-state index is -4.49. The van der Waals surface area contributed by atoms with E-state index in [2.05, 4.69) is 5.32 Å². The lowest BCUT2D eigenvalue weighted by Crippen LogP contribution is -2.34. The van der Waals surface area contributed by atoms with Gasteiger partial charge < -0.3 is 5.32 Å². The molecule has 0 unspecified atom stereocenters. The summed E-state index contributed by atoms with van der Waals surface area (Å²) in [5.41, 5.74) is -1.02. The van der Waals surface area contributed by atoms with Crippen LogP contribution in [0.1, 0.15) is 23.3 Å². The zero-order valence-electron chi connectivity index (χ0n) is 12.8. The van der Waals surface area contributed by atoms with Gasteiger partial charge in [0.1, 0.15) is 0 Å². The fourth-order valence-electron chi connectivity index (χ4n) is 2.57. The highest BCUT2D eigenvalue weighted by atomic mass is 32.1. The van der Waals surface area contributed by atoms with Gasteiger partial charge in [-0.05, 0) is 36.4 Å². The first-order valence-corrected chi connectivity index (χ1v) is 8.54. The van der Waals surface area contributed by atoms with Crippen LogP contribution in [-0.4, -0.2) is 23.4 Å². The first-order valence-electron chi connectivity index (χ1n) is 7.66. The fourth-order valence-corrected chi connectivity index (χ4v) is 3.30. The standard InChI is InChI=1S/C17H17F3N2OS/c18-17(19,20)14-5-1-2-6-15(14)21-16(23)11-22(12-7-8-12)10-13-4-3-9-24-13/h1-6,9,12H,7-8,10-11H2,(H,21,23). The van der Waals surface area contributed by atoms with E-state index in [-0.39, 0.29) is 12.2 Å². The molecular formula is C17H17F3N2OS. The van der Waals surface area contributed by atoms with Gasteiger partial charge in [0.05, 0.1) is 17.8 Å². The van der Waals surface area contributed by atoms with Crippen molar-refractivity contribution in [1.29, 1.82) is 0 Å². The molecule has 2 aromatic rings. The number of alkyl halides is 3. The van der Waals surface area contributed by atoms with Gasteiger partial charge in [0.15, 0.2) is 0 Å². The first-order chi connectivity index (χ1) is 11.4. The summed E-state index contributed by atoms with van der Waals surface area (Å²) in [6, 6.07) is 9.33. The summed E-state index contributed by atoms with van der Waals surface area (Å²) in [5.74, 6) is -0.421. The molecule has 0 aliphatic heterocycles. The lowest BCUT2D eigenvalue weighted by Gasteiger charge is -2.21. The molecular weight excluding hydrogens is 337 g/mol. The highest BCUT2D eigenvalue weighted by Gasteiger charge is 2.34. The number of amides is 1.